The largest absolute Gasteiger partial charge is 0.417 e. The topological polar surface area (TPSA) is 94.2 Å². The third-order valence-corrected chi connectivity index (χ3v) is 5.68. The lowest BCUT2D eigenvalue weighted by molar-refractivity contribution is -0.137. The Labute approximate surface area is 188 Å². The summed E-state index contributed by atoms with van der Waals surface area (Å²) in [7, 11) is 0. The molecule has 0 saturated carbocycles. The molecule has 0 saturated heterocycles. The van der Waals surface area contributed by atoms with E-state index in [1.165, 1.54) is 17.2 Å². The Morgan fingerprint density at radius 3 is 2.55 bits per heavy atom. The van der Waals surface area contributed by atoms with E-state index in [4.69, 9.17) is 10.5 Å². The van der Waals surface area contributed by atoms with Gasteiger partial charge in [0.2, 0.25) is 0 Å². The van der Waals surface area contributed by atoms with Crippen molar-refractivity contribution in [1.29, 1.82) is 0 Å². The number of nitrogens with two attached hydrogens (primary N) is 1. The molecule has 3 aromatic heterocycles. The van der Waals surface area contributed by atoms with Crippen LogP contribution in [0.1, 0.15) is 66.7 Å². The van der Waals surface area contributed by atoms with E-state index in [0.717, 1.165) is 28.8 Å². The van der Waals surface area contributed by atoms with Crippen LogP contribution in [0.15, 0.2) is 30.6 Å². The zero-order chi connectivity index (χ0) is 24.1. The number of ether oxygens (including phenoxy) is 1. The van der Waals surface area contributed by atoms with Gasteiger partial charge in [0.05, 0.1) is 42.2 Å². The van der Waals surface area contributed by atoms with Crippen LogP contribution in [0.2, 0.25) is 0 Å². The second kappa shape index (κ2) is 7.95. The molecule has 0 unspecified atom stereocenters. The third-order valence-electron chi connectivity index (χ3n) is 5.68. The number of nitrogen functional groups attached to an aromatic ring is 1. The molecule has 33 heavy (non-hydrogen) atoms. The van der Waals surface area contributed by atoms with E-state index in [9.17, 15) is 18.0 Å². The number of fused-ring (bicyclic) bond motifs is 3. The molecule has 1 atom stereocenters. The van der Waals surface area contributed by atoms with Crippen molar-refractivity contribution in [3.63, 3.8) is 0 Å². The van der Waals surface area contributed by atoms with Crippen molar-refractivity contribution >= 4 is 22.6 Å². The number of aromatic nitrogens is 3. The summed E-state index contributed by atoms with van der Waals surface area (Å²) < 4.78 is 44.3. The Hall–Kier alpha value is -3.27. The number of nitrogens with zero attached hydrogens (tertiary/aromatic N) is 4. The zero-order valence-corrected chi connectivity index (χ0v) is 18.7. The number of carbonyl (C=O) groups is 1. The Morgan fingerprint density at radius 1 is 1.21 bits per heavy atom. The molecule has 7 nitrogen and oxygen atoms in total. The second-order valence-corrected chi connectivity index (χ2v) is 9.03. The van der Waals surface area contributed by atoms with E-state index in [1.54, 1.807) is 6.07 Å². The monoisotopic (exact) mass is 459 g/mol. The van der Waals surface area contributed by atoms with Gasteiger partial charge in [-0.25, -0.2) is 9.97 Å². The van der Waals surface area contributed by atoms with E-state index in [0.29, 0.717) is 23.6 Å². The van der Waals surface area contributed by atoms with Crippen LogP contribution in [0.25, 0.3) is 10.9 Å². The number of pyridine rings is 3. The molecule has 3 aromatic rings. The molecule has 4 heterocycles. The van der Waals surface area contributed by atoms with Crippen LogP contribution in [-0.4, -0.2) is 31.3 Å². The van der Waals surface area contributed by atoms with Gasteiger partial charge in [0.1, 0.15) is 11.5 Å². The standard InChI is InChI=1S/C23H24F3N5O2/c1-12-19-16(11-33-12)15-7-17(29-9-18(15)30-20(19)27)21(32)31(22(2,3)4)10-14-6-5-13(8-28-14)23(24,25)26/h5-9,12H,10-11H2,1-4H3,(H2,27,30)/t12-/m1/s1. The van der Waals surface area contributed by atoms with E-state index in [-0.39, 0.29) is 24.2 Å². The highest BCUT2D eigenvalue weighted by Gasteiger charge is 2.33. The summed E-state index contributed by atoms with van der Waals surface area (Å²) in [5.41, 5.74) is 7.39. The number of rotatable bonds is 3. The van der Waals surface area contributed by atoms with Gasteiger partial charge >= 0.3 is 6.18 Å². The van der Waals surface area contributed by atoms with Gasteiger partial charge in [-0.3, -0.25) is 9.78 Å². The van der Waals surface area contributed by atoms with E-state index < -0.39 is 17.3 Å². The SMILES string of the molecule is C[C@H]1OCc2c1c(N)nc1cnc(C(=O)N(Cc3ccc(C(F)(F)F)cn3)C(C)(C)C)cc21. The average molecular weight is 459 g/mol. The average Bonchev–Trinajstić information content (AvgIpc) is 3.13. The van der Waals surface area contributed by atoms with Crippen molar-refractivity contribution in [3.05, 3.63) is 58.7 Å². The molecule has 174 valence electrons. The summed E-state index contributed by atoms with van der Waals surface area (Å²) in [5.74, 6) is 0.0108. The van der Waals surface area contributed by atoms with Crippen LogP contribution in [0, 0.1) is 0 Å². The molecule has 0 aromatic carbocycles. The van der Waals surface area contributed by atoms with Crippen LogP contribution >= 0.6 is 0 Å². The highest BCUT2D eigenvalue weighted by atomic mass is 19.4. The molecule has 0 aliphatic carbocycles. The lowest BCUT2D eigenvalue weighted by Gasteiger charge is -2.35. The molecule has 1 amide bonds. The van der Waals surface area contributed by atoms with Gasteiger partial charge in [-0.15, -0.1) is 0 Å². The van der Waals surface area contributed by atoms with Gasteiger partial charge in [-0.2, -0.15) is 13.2 Å². The lowest BCUT2D eigenvalue weighted by atomic mass is 10.0. The Kier molecular flexibility index (Phi) is 5.52. The van der Waals surface area contributed by atoms with E-state index in [1.807, 2.05) is 27.7 Å². The first kappa shape index (κ1) is 22.9. The molecule has 10 heteroatoms. The molecule has 4 rings (SSSR count). The van der Waals surface area contributed by atoms with Crippen LogP contribution in [-0.2, 0) is 24.1 Å². The molecular formula is C23H24F3N5O2. The first-order valence-electron chi connectivity index (χ1n) is 10.4. The number of hydrogen-bond donors (Lipinski definition) is 1. The highest BCUT2D eigenvalue weighted by Crippen LogP contribution is 2.38. The minimum absolute atomic E-state index is 0.0262. The maximum atomic E-state index is 13.5. The first-order chi connectivity index (χ1) is 15.4. The van der Waals surface area contributed by atoms with Crippen LogP contribution in [0.5, 0.6) is 0 Å². The molecular weight excluding hydrogens is 435 g/mol. The number of amides is 1. The molecule has 1 aliphatic rings. The molecule has 1 aliphatic heterocycles. The Morgan fingerprint density at radius 2 is 1.94 bits per heavy atom. The predicted octanol–water partition coefficient (Wildman–Crippen LogP) is 4.66. The fourth-order valence-corrected chi connectivity index (χ4v) is 3.89. The number of alkyl halides is 3. The van der Waals surface area contributed by atoms with E-state index >= 15 is 0 Å². The second-order valence-electron chi connectivity index (χ2n) is 9.03. The maximum Gasteiger partial charge on any atom is 0.417 e. The zero-order valence-electron chi connectivity index (χ0n) is 18.7. The lowest BCUT2D eigenvalue weighted by Crippen LogP contribution is -2.45. The Balaban J connectivity index is 1.69. The van der Waals surface area contributed by atoms with Gasteiger partial charge in [0, 0.05) is 22.7 Å². The van der Waals surface area contributed by atoms with Gasteiger partial charge in [0.25, 0.3) is 5.91 Å². The number of carbonyl (C=O) groups excluding carboxylic acids is 1. The minimum atomic E-state index is -4.47. The van der Waals surface area contributed by atoms with Crippen molar-refractivity contribution in [3.8, 4) is 0 Å². The summed E-state index contributed by atoms with van der Waals surface area (Å²) in [4.78, 5) is 27.6. The Bertz CT molecular complexity index is 1220. The van der Waals surface area contributed by atoms with Crippen LogP contribution in [0.4, 0.5) is 19.0 Å². The minimum Gasteiger partial charge on any atom is -0.383 e. The van der Waals surface area contributed by atoms with Gasteiger partial charge < -0.3 is 15.4 Å². The summed E-state index contributed by atoms with van der Waals surface area (Å²) in [5, 5.41) is 0.739. The van der Waals surface area contributed by atoms with Gasteiger partial charge in [-0.05, 0) is 51.5 Å². The van der Waals surface area contributed by atoms with Crippen LogP contribution in [0.3, 0.4) is 0 Å². The number of anilines is 1. The molecule has 0 fully saturated rings. The summed E-state index contributed by atoms with van der Waals surface area (Å²) in [6.45, 7) is 7.79. The maximum absolute atomic E-state index is 13.5. The number of halogens is 3. The highest BCUT2D eigenvalue weighted by molar-refractivity contribution is 5.97. The normalized spacial score (nSPS) is 16.2. The van der Waals surface area contributed by atoms with Crippen molar-refractivity contribution in [2.24, 2.45) is 0 Å². The molecule has 0 bridgehead atoms. The number of hydrogen-bond acceptors (Lipinski definition) is 6. The quantitative estimate of drug-likeness (QED) is 0.612. The van der Waals surface area contributed by atoms with Gasteiger partial charge in [0.15, 0.2) is 0 Å². The molecule has 0 spiro atoms. The van der Waals surface area contributed by atoms with Crippen molar-refractivity contribution in [2.75, 3.05) is 5.73 Å². The third kappa shape index (κ3) is 4.35. The summed E-state index contributed by atoms with van der Waals surface area (Å²) >= 11 is 0. The van der Waals surface area contributed by atoms with E-state index in [2.05, 4.69) is 15.0 Å². The van der Waals surface area contributed by atoms with Crippen molar-refractivity contribution < 1.29 is 22.7 Å². The fraction of sp³-hybridized carbons (Fsp3) is 0.391. The van der Waals surface area contributed by atoms with Crippen molar-refractivity contribution in [2.45, 2.75) is 58.7 Å². The fourth-order valence-electron chi connectivity index (χ4n) is 3.89. The van der Waals surface area contributed by atoms with Crippen molar-refractivity contribution in [1.82, 2.24) is 19.9 Å². The molecule has 0 radical (unpaired) electrons. The first-order valence-corrected chi connectivity index (χ1v) is 10.4. The summed E-state index contributed by atoms with van der Waals surface area (Å²) in [6, 6.07) is 3.91. The molecule has 2 N–H and O–H groups in total. The van der Waals surface area contributed by atoms with Crippen LogP contribution < -0.4 is 5.73 Å². The smallest absolute Gasteiger partial charge is 0.383 e. The predicted molar refractivity (Wildman–Crippen MR) is 116 cm³/mol. The van der Waals surface area contributed by atoms with Gasteiger partial charge in [-0.1, -0.05) is 0 Å². The summed E-state index contributed by atoms with van der Waals surface area (Å²) in [6.07, 6.45) is -2.39.